The normalized spacial score (nSPS) is 12.5. The van der Waals surface area contributed by atoms with Crippen molar-refractivity contribution in [3.05, 3.63) is 60.4 Å². The number of halogens is 3. The summed E-state index contributed by atoms with van der Waals surface area (Å²) in [6.45, 7) is 0. The number of thioether (sulfide) groups is 1. The molecule has 1 N–H and O–H groups in total. The van der Waals surface area contributed by atoms with Crippen LogP contribution in [0, 0.1) is 0 Å². The van der Waals surface area contributed by atoms with Gasteiger partial charge >= 0.3 is 0 Å². The first-order valence-corrected chi connectivity index (χ1v) is 9.76. The van der Waals surface area contributed by atoms with Crippen molar-refractivity contribution in [3.63, 3.8) is 0 Å². The number of carbonyl (C=O) groups excluding carboxylic acids is 1. The van der Waals surface area contributed by atoms with Gasteiger partial charge in [-0.25, -0.2) is 0 Å². The first-order chi connectivity index (χ1) is 13.4. The Labute approximate surface area is 178 Å². The molecule has 0 atom stereocenters. The maximum absolute atomic E-state index is 12.8. The molecule has 0 bridgehead atoms. The van der Waals surface area contributed by atoms with Crippen molar-refractivity contribution in [2.45, 2.75) is 8.95 Å². The summed E-state index contributed by atoms with van der Waals surface area (Å²) in [5.41, 5.74) is 0.579. The van der Waals surface area contributed by atoms with Gasteiger partial charge in [0.2, 0.25) is 8.95 Å². The van der Waals surface area contributed by atoms with Gasteiger partial charge in [0.15, 0.2) is 11.5 Å². The third-order valence-electron chi connectivity index (χ3n) is 3.38. The molecule has 0 unspecified atom stereocenters. The molecule has 0 radical (unpaired) electrons. The monoisotopic (exact) mass is 456 g/mol. The Kier molecular flexibility index (Phi) is 6.50. The predicted molar refractivity (Wildman–Crippen MR) is 107 cm³/mol. The van der Waals surface area contributed by atoms with E-state index in [4.69, 9.17) is 34.8 Å². The first kappa shape index (κ1) is 20.5. The number of Topliss-reactive ketones (excluding diaryl/α,β-unsaturated/α-hetero) is 1. The average Bonchev–Trinajstić information content (AvgIpc) is 3.16. The van der Waals surface area contributed by atoms with Crippen LogP contribution in [0.4, 0.5) is 0 Å². The van der Waals surface area contributed by atoms with Crippen LogP contribution >= 0.6 is 46.6 Å². The molecule has 3 rings (SSSR count). The number of hydrogen-bond acceptors (Lipinski definition) is 8. The van der Waals surface area contributed by atoms with Crippen LogP contribution in [0.1, 0.15) is 5.69 Å². The van der Waals surface area contributed by atoms with E-state index in [1.54, 1.807) is 0 Å². The van der Waals surface area contributed by atoms with Gasteiger partial charge in [-0.3, -0.25) is 14.8 Å². The average molecular weight is 458 g/mol. The lowest BCUT2D eigenvalue weighted by molar-refractivity contribution is -0.111. The van der Waals surface area contributed by atoms with Gasteiger partial charge in [0.05, 0.1) is 28.9 Å². The van der Waals surface area contributed by atoms with Crippen LogP contribution in [0.15, 0.2) is 59.8 Å². The minimum Gasteiger partial charge on any atom is -0.507 e. The lowest BCUT2D eigenvalue weighted by Crippen LogP contribution is -2.17. The number of nitrogens with zero attached hydrogens (tertiary/aromatic N) is 6. The van der Waals surface area contributed by atoms with Crippen LogP contribution in [-0.2, 0) is 4.79 Å². The second-order valence-corrected chi connectivity index (χ2v) is 8.46. The van der Waals surface area contributed by atoms with Crippen molar-refractivity contribution in [1.29, 1.82) is 0 Å². The van der Waals surface area contributed by atoms with E-state index in [1.807, 2.05) is 30.3 Å². The van der Waals surface area contributed by atoms with Gasteiger partial charge in [-0.15, -0.1) is 5.10 Å². The zero-order valence-electron chi connectivity index (χ0n) is 13.9. The van der Waals surface area contributed by atoms with Gasteiger partial charge in [-0.2, -0.15) is 4.68 Å². The number of aliphatic hydroxyl groups excluding tert-OH is 1. The quantitative estimate of drug-likeness (QED) is 0.260. The molecule has 0 spiro atoms. The molecular formula is C16H11Cl3N6O2S. The molecule has 3 aromatic rings. The summed E-state index contributed by atoms with van der Waals surface area (Å²) in [5, 5.41) is 22.2. The Morgan fingerprint density at radius 1 is 1.18 bits per heavy atom. The zero-order chi connectivity index (χ0) is 20.1. The Hall–Kier alpha value is -2.20. The van der Waals surface area contributed by atoms with Gasteiger partial charge in [-0.1, -0.05) is 64.8 Å². The molecule has 12 heteroatoms. The summed E-state index contributed by atoms with van der Waals surface area (Å²) in [5.74, 6) is -1.40. The maximum atomic E-state index is 12.8. The highest BCUT2D eigenvalue weighted by atomic mass is 35.6. The number of allylic oxidation sites excluding steroid dienone is 2. The second-order valence-electron chi connectivity index (χ2n) is 5.23. The molecule has 0 aliphatic rings. The SMILES string of the molecule is O=C(CSc1nnnn1-c1ccccc1)/C(=C(/O)C(Cl)(Cl)Cl)c1cnccn1. The van der Waals surface area contributed by atoms with E-state index < -0.39 is 15.3 Å². The molecule has 0 amide bonds. The van der Waals surface area contributed by atoms with Crippen molar-refractivity contribution in [2.24, 2.45) is 0 Å². The highest BCUT2D eigenvalue weighted by Crippen LogP contribution is 2.37. The molecule has 2 aromatic heterocycles. The van der Waals surface area contributed by atoms with E-state index in [0.717, 1.165) is 17.4 Å². The molecule has 144 valence electrons. The van der Waals surface area contributed by atoms with Crippen molar-refractivity contribution < 1.29 is 9.90 Å². The fourth-order valence-electron chi connectivity index (χ4n) is 2.17. The zero-order valence-corrected chi connectivity index (χ0v) is 17.0. The third kappa shape index (κ3) is 4.79. The van der Waals surface area contributed by atoms with Crippen LogP contribution < -0.4 is 0 Å². The van der Waals surface area contributed by atoms with Crippen LogP contribution in [-0.4, -0.2) is 50.6 Å². The number of tetrazole rings is 1. The number of rotatable bonds is 6. The number of aromatic nitrogens is 6. The number of para-hydroxylation sites is 1. The van der Waals surface area contributed by atoms with Crippen molar-refractivity contribution in [3.8, 4) is 5.69 Å². The van der Waals surface area contributed by atoms with E-state index >= 15 is 0 Å². The maximum Gasteiger partial charge on any atom is 0.248 e. The van der Waals surface area contributed by atoms with Gasteiger partial charge in [0.25, 0.3) is 0 Å². The van der Waals surface area contributed by atoms with Crippen LogP contribution in [0.25, 0.3) is 11.3 Å². The lowest BCUT2D eigenvalue weighted by Gasteiger charge is -2.15. The van der Waals surface area contributed by atoms with Gasteiger partial charge < -0.3 is 5.11 Å². The smallest absolute Gasteiger partial charge is 0.248 e. The van der Waals surface area contributed by atoms with Crippen LogP contribution in [0.5, 0.6) is 0 Å². The van der Waals surface area contributed by atoms with E-state index in [0.29, 0.717) is 5.16 Å². The minimum atomic E-state index is -2.20. The van der Waals surface area contributed by atoms with Crippen LogP contribution in [0.2, 0.25) is 0 Å². The van der Waals surface area contributed by atoms with Crippen molar-refractivity contribution in [1.82, 2.24) is 30.2 Å². The lowest BCUT2D eigenvalue weighted by atomic mass is 10.1. The Bertz CT molecular complexity index is 992. The Morgan fingerprint density at radius 3 is 2.57 bits per heavy atom. The number of carbonyl (C=O) groups is 1. The molecule has 0 fully saturated rings. The largest absolute Gasteiger partial charge is 0.507 e. The van der Waals surface area contributed by atoms with Crippen molar-refractivity contribution in [2.75, 3.05) is 5.75 Å². The highest BCUT2D eigenvalue weighted by molar-refractivity contribution is 7.99. The fraction of sp³-hybridized carbons (Fsp3) is 0.125. The Morgan fingerprint density at radius 2 is 1.93 bits per heavy atom. The molecule has 0 saturated carbocycles. The topological polar surface area (TPSA) is 107 Å². The van der Waals surface area contributed by atoms with Gasteiger partial charge in [0.1, 0.15) is 0 Å². The van der Waals surface area contributed by atoms with E-state index in [2.05, 4.69) is 25.5 Å². The summed E-state index contributed by atoms with van der Waals surface area (Å²) in [6, 6.07) is 9.18. The molecule has 0 saturated heterocycles. The summed E-state index contributed by atoms with van der Waals surface area (Å²) in [6.07, 6.45) is 4.07. The Balaban J connectivity index is 1.86. The molecule has 1 aromatic carbocycles. The summed E-state index contributed by atoms with van der Waals surface area (Å²) in [4.78, 5) is 20.7. The third-order valence-corrected chi connectivity index (χ3v) is 4.83. The number of benzene rings is 1. The molecule has 0 aliphatic heterocycles. The van der Waals surface area contributed by atoms with E-state index in [1.165, 1.54) is 23.3 Å². The van der Waals surface area contributed by atoms with Gasteiger partial charge in [0, 0.05) is 12.4 Å². The molecule has 0 aliphatic carbocycles. The summed E-state index contributed by atoms with van der Waals surface area (Å²) >= 11 is 18.3. The predicted octanol–water partition coefficient (Wildman–Crippen LogP) is 3.45. The standard InChI is InChI=1S/C16H11Cl3N6O2S/c17-16(18,19)14(27)13(11-8-20-6-7-21-11)12(26)9-28-15-22-23-24-25(15)10-4-2-1-3-5-10/h1-8,27H,9H2/b14-13+. The van der Waals surface area contributed by atoms with E-state index in [9.17, 15) is 9.90 Å². The molecular weight excluding hydrogens is 447 g/mol. The number of alkyl halides is 3. The van der Waals surface area contributed by atoms with Crippen LogP contribution in [0.3, 0.4) is 0 Å². The van der Waals surface area contributed by atoms with E-state index in [-0.39, 0.29) is 17.0 Å². The number of hydrogen-bond donors (Lipinski definition) is 1. The molecule has 8 nitrogen and oxygen atoms in total. The van der Waals surface area contributed by atoms with Crippen molar-refractivity contribution >= 4 is 57.9 Å². The molecule has 2 heterocycles. The van der Waals surface area contributed by atoms with Gasteiger partial charge in [-0.05, 0) is 22.6 Å². The summed E-state index contributed by atoms with van der Waals surface area (Å²) < 4.78 is -0.711. The summed E-state index contributed by atoms with van der Waals surface area (Å²) in [7, 11) is 0. The minimum absolute atomic E-state index is 0.0829. The first-order valence-electron chi connectivity index (χ1n) is 7.64. The number of aliphatic hydroxyl groups is 1. The fourth-order valence-corrected chi connectivity index (χ4v) is 3.22. The highest BCUT2D eigenvalue weighted by Gasteiger charge is 2.33. The molecule has 28 heavy (non-hydrogen) atoms. The second kappa shape index (κ2) is 8.87. The number of ketones is 1.